The zero-order valence-corrected chi connectivity index (χ0v) is 16.9. The lowest BCUT2D eigenvalue weighted by molar-refractivity contribution is 0.0775. The number of carbonyl (C=O) groups is 1. The number of nitrogens with zero attached hydrogens (tertiary/aromatic N) is 1. The molecular formula is C21H20BrNO4. The number of furan rings is 1. The first-order valence-electron chi connectivity index (χ1n) is 8.34. The van der Waals surface area contributed by atoms with Gasteiger partial charge < -0.3 is 18.8 Å². The van der Waals surface area contributed by atoms with Crippen LogP contribution in [0.5, 0.6) is 11.5 Å². The van der Waals surface area contributed by atoms with Crippen molar-refractivity contribution in [2.45, 2.75) is 6.54 Å². The fourth-order valence-corrected chi connectivity index (χ4v) is 2.99. The summed E-state index contributed by atoms with van der Waals surface area (Å²) in [5.41, 5.74) is 1.51. The van der Waals surface area contributed by atoms with Crippen molar-refractivity contribution in [2.24, 2.45) is 0 Å². The largest absolute Gasteiger partial charge is 0.493 e. The molecule has 6 heteroatoms. The van der Waals surface area contributed by atoms with Gasteiger partial charge in [-0.05, 0) is 42.5 Å². The highest BCUT2D eigenvalue weighted by atomic mass is 79.9. The summed E-state index contributed by atoms with van der Waals surface area (Å²) in [5.74, 6) is 2.46. The van der Waals surface area contributed by atoms with E-state index in [9.17, 15) is 4.79 Å². The van der Waals surface area contributed by atoms with Crippen molar-refractivity contribution in [1.29, 1.82) is 0 Å². The third kappa shape index (κ3) is 4.34. The molecule has 3 aromatic rings. The maximum Gasteiger partial charge on any atom is 0.254 e. The van der Waals surface area contributed by atoms with Crippen LogP contribution in [0, 0.1) is 0 Å². The van der Waals surface area contributed by atoms with E-state index in [0.29, 0.717) is 29.4 Å². The van der Waals surface area contributed by atoms with Gasteiger partial charge in [-0.3, -0.25) is 4.79 Å². The number of methoxy groups -OCH3 is 2. The summed E-state index contributed by atoms with van der Waals surface area (Å²) in [7, 11) is 4.84. The lowest BCUT2D eigenvalue weighted by Crippen LogP contribution is -2.26. The predicted octanol–water partition coefficient (Wildman–Crippen LogP) is 5.00. The van der Waals surface area contributed by atoms with Crippen LogP contribution >= 0.6 is 15.9 Å². The molecule has 5 nitrogen and oxygen atoms in total. The molecule has 0 saturated carbocycles. The molecule has 27 heavy (non-hydrogen) atoms. The van der Waals surface area contributed by atoms with Gasteiger partial charge >= 0.3 is 0 Å². The Kier molecular flexibility index (Phi) is 5.86. The van der Waals surface area contributed by atoms with Gasteiger partial charge in [0.15, 0.2) is 11.5 Å². The molecule has 0 atom stereocenters. The van der Waals surface area contributed by atoms with Gasteiger partial charge in [-0.1, -0.05) is 28.1 Å². The Morgan fingerprint density at radius 1 is 1.00 bits per heavy atom. The van der Waals surface area contributed by atoms with E-state index in [0.717, 1.165) is 15.8 Å². The topological polar surface area (TPSA) is 51.9 Å². The van der Waals surface area contributed by atoms with Crippen LogP contribution < -0.4 is 9.47 Å². The second-order valence-electron chi connectivity index (χ2n) is 6.00. The summed E-state index contributed by atoms with van der Waals surface area (Å²) in [6, 6.07) is 16.8. The number of carbonyl (C=O) groups excluding carboxylic acids is 1. The molecule has 1 aromatic heterocycles. The first kappa shape index (κ1) is 19.0. The molecule has 0 aliphatic carbocycles. The molecule has 0 radical (unpaired) electrons. The molecule has 0 saturated heterocycles. The van der Waals surface area contributed by atoms with Gasteiger partial charge in [0.2, 0.25) is 0 Å². The maximum absolute atomic E-state index is 12.7. The molecule has 0 unspecified atom stereocenters. The smallest absolute Gasteiger partial charge is 0.254 e. The van der Waals surface area contributed by atoms with E-state index in [1.165, 1.54) is 0 Å². The molecule has 0 aliphatic heterocycles. The molecule has 1 heterocycles. The van der Waals surface area contributed by atoms with E-state index in [1.54, 1.807) is 44.4 Å². The van der Waals surface area contributed by atoms with E-state index in [4.69, 9.17) is 13.9 Å². The zero-order chi connectivity index (χ0) is 19.4. The van der Waals surface area contributed by atoms with Crippen molar-refractivity contribution in [2.75, 3.05) is 21.3 Å². The van der Waals surface area contributed by atoms with Crippen molar-refractivity contribution in [3.8, 4) is 22.8 Å². The van der Waals surface area contributed by atoms with E-state index < -0.39 is 0 Å². The highest BCUT2D eigenvalue weighted by Gasteiger charge is 2.16. The number of hydrogen-bond donors (Lipinski definition) is 0. The van der Waals surface area contributed by atoms with Crippen LogP contribution in [-0.2, 0) is 6.54 Å². The maximum atomic E-state index is 12.7. The Hall–Kier alpha value is -2.73. The van der Waals surface area contributed by atoms with E-state index in [1.807, 2.05) is 36.4 Å². The Bertz CT molecular complexity index is 934. The molecule has 0 aliphatic rings. The van der Waals surface area contributed by atoms with E-state index in [-0.39, 0.29) is 5.91 Å². The first-order valence-corrected chi connectivity index (χ1v) is 9.13. The zero-order valence-electron chi connectivity index (χ0n) is 15.4. The molecule has 0 fully saturated rings. The van der Waals surface area contributed by atoms with Gasteiger partial charge in [0.25, 0.3) is 5.91 Å². The Balaban J connectivity index is 1.72. The van der Waals surface area contributed by atoms with Crippen LogP contribution in [0.15, 0.2) is 63.5 Å². The van der Waals surface area contributed by atoms with Crippen LogP contribution in [0.1, 0.15) is 16.1 Å². The second-order valence-corrected chi connectivity index (χ2v) is 6.92. The summed E-state index contributed by atoms with van der Waals surface area (Å²) >= 11 is 3.42. The predicted molar refractivity (Wildman–Crippen MR) is 107 cm³/mol. The number of benzene rings is 2. The van der Waals surface area contributed by atoms with Crippen molar-refractivity contribution < 1.29 is 18.7 Å². The normalized spacial score (nSPS) is 10.5. The second kappa shape index (κ2) is 8.31. The fraction of sp³-hybridized carbons (Fsp3) is 0.190. The molecule has 1 amide bonds. The number of amides is 1. The molecule has 0 bridgehead atoms. The Morgan fingerprint density at radius 2 is 1.70 bits per heavy atom. The molecule has 0 N–H and O–H groups in total. The van der Waals surface area contributed by atoms with E-state index >= 15 is 0 Å². The highest BCUT2D eigenvalue weighted by molar-refractivity contribution is 9.10. The van der Waals surface area contributed by atoms with Gasteiger partial charge in [-0.25, -0.2) is 0 Å². The van der Waals surface area contributed by atoms with Gasteiger partial charge in [-0.2, -0.15) is 0 Å². The van der Waals surface area contributed by atoms with Crippen molar-refractivity contribution >= 4 is 21.8 Å². The standard InChI is InChI=1S/C21H20BrNO4/c1-23(21(24)15-6-10-19(25-2)20(12-15)26-3)13-17-9-11-18(27-17)14-4-7-16(22)8-5-14/h4-12H,13H2,1-3H3. The van der Waals surface area contributed by atoms with Gasteiger partial charge in [0.1, 0.15) is 11.5 Å². The van der Waals surface area contributed by atoms with Crippen LogP contribution in [0.4, 0.5) is 0 Å². The molecule has 0 spiro atoms. The summed E-state index contributed by atoms with van der Waals surface area (Å²) in [5, 5.41) is 0. The SMILES string of the molecule is COc1ccc(C(=O)N(C)Cc2ccc(-c3ccc(Br)cc3)o2)cc1OC. The Labute approximate surface area is 166 Å². The quantitative estimate of drug-likeness (QED) is 0.553. The highest BCUT2D eigenvalue weighted by Crippen LogP contribution is 2.28. The lowest BCUT2D eigenvalue weighted by atomic mass is 10.1. The van der Waals surface area contributed by atoms with Gasteiger partial charge in [0, 0.05) is 22.6 Å². The Morgan fingerprint density at radius 3 is 2.37 bits per heavy atom. The molecule has 2 aromatic carbocycles. The van der Waals surface area contributed by atoms with E-state index in [2.05, 4.69) is 15.9 Å². The molecule has 140 valence electrons. The number of rotatable bonds is 6. The average Bonchev–Trinajstić information content (AvgIpc) is 3.15. The summed E-state index contributed by atoms with van der Waals surface area (Å²) in [4.78, 5) is 14.3. The van der Waals surface area contributed by atoms with Gasteiger partial charge in [0.05, 0.1) is 20.8 Å². The number of ether oxygens (including phenoxy) is 2. The molecular weight excluding hydrogens is 410 g/mol. The van der Waals surface area contributed by atoms with Crippen molar-refractivity contribution in [1.82, 2.24) is 4.90 Å². The first-order chi connectivity index (χ1) is 13.0. The molecule has 3 rings (SSSR count). The van der Waals surface area contributed by atoms with Crippen LogP contribution in [0.25, 0.3) is 11.3 Å². The monoisotopic (exact) mass is 429 g/mol. The van der Waals surface area contributed by atoms with Crippen LogP contribution in [0.3, 0.4) is 0 Å². The fourth-order valence-electron chi connectivity index (χ4n) is 2.73. The minimum absolute atomic E-state index is 0.127. The van der Waals surface area contributed by atoms with Crippen molar-refractivity contribution in [3.05, 3.63) is 70.4 Å². The average molecular weight is 430 g/mol. The van der Waals surface area contributed by atoms with Crippen LogP contribution in [0.2, 0.25) is 0 Å². The minimum Gasteiger partial charge on any atom is -0.493 e. The number of hydrogen-bond acceptors (Lipinski definition) is 4. The third-order valence-electron chi connectivity index (χ3n) is 4.16. The third-order valence-corrected chi connectivity index (χ3v) is 4.69. The number of halogens is 1. The summed E-state index contributed by atoms with van der Waals surface area (Å²) in [6.07, 6.45) is 0. The van der Waals surface area contributed by atoms with Gasteiger partial charge in [-0.15, -0.1) is 0 Å². The summed E-state index contributed by atoms with van der Waals surface area (Å²) < 4.78 is 17.4. The minimum atomic E-state index is -0.127. The lowest BCUT2D eigenvalue weighted by Gasteiger charge is -2.17. The summed E-state index contributed by atoms with van der Waals surface area (Å²) in [6.45, 7) is 0.365. The van der Waals surface area contributed by atoms with Crippen molar-refractivity contribution in [3.63, 3.8) is 0 Å². The van der Waals surface area contributed by atoms with Crippen LogP contribution in [-0.4, -0.2) is 32.1 Å².